The first-order valence-electron chi connectivity index (χ1n) is 10.2. The third kappa shape index (κ3) is 3.85. The van der Waals surface area contributed by atoms with Crippen molar-refractivity contribution in [1.82, 2.24) is 9.97 Å². The summed E-state index contributed by atoms with van der Waals surface area (Å²) in [6.07, 6.45) is 6.94. The molecule has 1 heterocycles. The van der Waals surface area contributed by atoms with E-state index < -0.39 is 0 Å². The summed E-state index contributed by atoms with van der Waals surface area (Å²) in [5, 5.41) is 17.5. The Labute approximate surface area is 169 Å². The van der Waals surface area contributed by atoms with E-state index in [0.717, 1.165) is 42.1 Å². The summed E-state index contributed by atoms with van der Waals surface area (Å²) in [7, 11) is 0. The zero-order valence-corrected chi connectivity index (χ0v) is 16.5. The topological polar surface area (TPSA) is 84.2 Å². The van der Waals surface area contributed by atoms with Crippen molar-refractivity contribution < 1.29 is 4.92 Å². The van der Waals surface area contributed by atoms with Crippen molar-refractivity contribution in [2.24, 2.45) is 0 Å². The van der Waals surface area contributed by atoms with Crippen molar-refractivity contribution in [3.05, 3.63) is 58.9 Å². The highest BCUT2D eigenvalue weighted by Crippen LogP contribution is 2.39. The number of anilines is 3. The quantitative estimate of drug-likeness (QED) is 0.445. The van der Waals surface area contributed by atoms with Crippen molar-refractivity contribution in [3.63, 3.8) is 0 Å². The van der Waals surface area contributed by atoms with E-state index in [-0.39, 0.29) is 16.7 Å². The van der Waals surface area contributed by atoms with E-state index in [2.05, 4.69) is 15.3 Å². The van der Waals surface area contributed by atoms with Gasteiger partial charge in [0.25, 0.3) is 0 Å². The van der Waals surface area contributed by atoms with Gasteiger partial charge >= 0.3 is 5.69 Å². The molecule has 1 N–H and O–H groups in total. The molecule has 0 unspecified atom stereocenters. The molecule has 1 fully saturated rings. The van der Waals surface area contributed by atoms with Crippen LogP contribution in [0.5, 0.6) is 0 Å². The van der Waals surface area contributed by atoms with Crippen LogP contribution < -0.4 is 10.2 Å². The van der Waals surface area contributed by atoms with Gasteiger partial charge in [0.05, 0.1) is 10.6 Å². The van der Waals surface area contributed by atoms with Crippen LogP contribution in [0.25, 0.3) is 10.8 Å². The van der Waals surface area contributed by atoms with Gasteiger partial charge in [-0.15, -0.1) is 0 Å². The zero-order chi connectivity index (χ0) is 20.2. The first kappa shape index (κ1) is 19.1. The highest BCUT2D eigenvalue weighted by molar-refractivity contribution is 5.96. The third-order valence-corrected chi connectivity index (χ3v) is 5.56. The molecule has 1 aliphatic carbocycles. The predicted molar refractivity (Wildman–Crippen MR) is 116 cm³/mol. The van der Waals surface area contributed by atoms with Gasteiger partial charge in [0, 0.05) is 18.0 Å². The molecule has 0 spiro atoms. The molecule has 29 heavy (non-hydrogen) atoms. The Hall–Kier alpha value is -3.22. The van der Waals surface area contributed by atoms with E-state index in [1.54, 1.807) is 0 Å². The van der Waals surface area contributed by atoms with Crippen molar-refractivity contribution >= 4 is 33.8 Å². The van der Waals surface area contributed by atoms with Crippen LogP contribution in [-0.2, 0) is 0 Å². The van der Waals surface area contributed by atoms with E-state index in [4.69, 9.17) is 0 Å². The number of rotatable bonds is 6. The molecule has 4 rings (SSSR count). The molecular weight excluding hydrogens is 366 g/mol. The lowest BCUT2D eigenvalue weighted by molar-refractivity contribution is -0.383. The van der Waals surface area contributed by atoms with Crippen molar-refractivity contribution in [1.29, 1.82) is 0 Å². The fourth-order valence-corrected chi connectivity index (χ4v) is 4.16. The molecule has 1 saturated carbocycles. The molecule has 2 aromatic carbocycles. The van der Waals surface area contributed by atoms with Gasteiger partial charge in [0.1, 0.15) is 6.33 Å². The summed E-state index contributed by atoms with van der Waals surface area (Å²) in [5.74, 6) is 0.632. The maximum atomic E-state index is 12.1. The molecule has 0 bridgehead atoms. The Balaban J connectivity index is 1.79. The van der Waals surface area contributed by atoms with Crippen LogP contribution in [0.2, 0.25) is 0 Å². The normalized spacial score (nSPS) is 14.7. The minimum absolute atomic E-state index is 0.0622. The highest BCUT2D eigenvalue weighted by Gasteiger charge is 2.29. The SMILES string of the molecule is CCN(c1ncnc(NC2CCCCC2)c1[N+](=O)[O-])c1cccc2ccccc12. The van der Waals surface area contributed by atoms with Crippen molar-refractivity contribution in [2.45, 2.75) is 45.1 Å². The van der Waals surface area contributed by atoms with Crippen molar-refractivity contribution in [3.8, 4) is 0 Å². The maximum absolute atomic E-state index is 12.1. The second-order valence-electron chi connectivity index (χ2n) is 7.37. The molecule has 150 valence electrons. The molecular formula is C22H25N5O2. The number of nitrogens with zero attached hydrogens (tertiary/aromatic N) is 4. The van der Waals surface area contributed by atoms with Crippen LogP contribution in [0.1, 0.15) is 39.0 Å². The number of hydrogen-bond donors (Lipinski definition) is 1. The number of aromatic nitrogens is 2. The van der Waals surface area contributed by atoms with Crippen molar-refractivity contribution in [2.75, 3.05) is 16.8 Å². The Morgan fingerprint density at radius 3 is 2.62 bits per heavy atom. The summed E-state index contributed by atoms with van der Waals surface area (Å²) in [5.41, 5.74) is 0.837. The smallest absolute Gasteiger partial charge is 0.353 e. The largest absolute Gasteiger partial charge is 0.361 e. The van der Waals surface area contributed by atoms with Crippen LogP contribution >= 0.6 is 0 Å². The van der Waals surface area contributed by atoms with Gasteiger partial charge in [-0.3, -0.25) is 10.1 Å². The van der Waals surface area contributed by atoms with Gasteiger partial charge in [-0.25, -0.2) is 9.97 Å². The van der Waals surface area contributed by atoms with E-state index >= 15 is 0 Å². The first-order valence-corrected chi connectivity index (χ1v) is 10.2. The maximum Gasteiger partial charge on any atom is 0.353 e. The molecule has 1 aromatic heterocycles. The standard InChI is InChI=1S/C22H25N5O2/c1-2-26(19-14-8-10-16-9-6-7-13-18(16)19)22-20(27(28)29)21(23-15-24-22)25-17-11-4-3-5-12-17/h6-10,13-15,17H,2-5,11-12H2,1H3,(H,23,24,25). The van der Waals surface area contributed by atoms with E-state index in [1.165, 1.54) is 12.7 Å². The van der Waals surface area contributed by atoms with Crippen LogP contribution in [0, 0.1) is 10.1 Å². The molecule has 3 aromatic rings. The van der Waals surface area contributed by atoms with Crippen LogP contribution in [0.4, 0.5) is 23.0 Å². The van der Waals surface area contributed by atoms with Crippen LogP contribution in [0.15, 0.2) is 48.8 Å². The molecule has 7 heteroatoms. The minimum atomic E-state index is -0.367. The van der Waals surface area contributed by atoms with Gasteiger partial charge in [-0.1, -0.05) is 55.7 Å². The van der Waals surface area contributed by atoms with E-state index in [1.807, 2.05) is 54.3 Å². The van der Waals surface area contributed by atoms with Crippen LogP contribution in [0.3, 0.4) is 0 Å². The number of fused-ring (bicyclic) bond motifs is 1. The van der Waals surface area contributed by atoms with Gasteiger partial charge in [-0.2, -0.15) is 0 Å². The Bertz CT molecular complexity index is 1010. The Kier molecular flexibility index (Phi) is 5.55. The molecule has 0 radical (unpaired) electrons. The van der Waals surface area contributed by atoms with E-state index in [0.29, 0.717) is 18.2 Å². The second-order valence-corrected chi connectivity index (χ2v) is 7.37. The van der Waals surface area contributed by atoms with Gasteiger partial charge in [0.2, 0.25) is 11.6 Å². The highest BCUT2D eigenvalue weighted by atomic mass is 16.6. The minimum Gasteiger partial charge on any atom is -0.361 e. The molecule has 7 nitrogen and oxygen atoms in total. The number of hydrogen-bond acceptors (Lipinski definition) is 6. The summed E-state index contributed by atoms with van der Waals surface area (Å²) >= 11 is 0. The Morgan fingerprint density at radius 2 is 1.86 bits per heavy atom. The molecule has 1 aliphatic rings. The Morgan fingerprint density at radius 1 is 1.10 bits per heavy atom. The molecule has 0 aliphatic heterocycles. The lowest BCUT2D eigenvalue weighted by atomic mass is 9.95. The fraction of sp³-hybridized carbons (Fsp3) is 0.364. The average molecular weight is 391 g/mol. The molecule has 0 saturated heterocycles. The second kappa shape index (κ2) is 8.43. The van der Waals surface area contributed by atoms with E-state index in [9.17, 15) is 10.1 Å². The molecule has 0 amide bonds. The summed E-state index contributed by atoms with van der Waals surface area (Å²) in [4.78, 5) is 22.2. The third-order valence-electron chi connectivity index (χ3n) is 5.56. The summed E-state index contributed by atoms with van der Waals surface area (Å²) < 4.78 is 0. The number of benzene rings is 2. The van der Waals surface area contributed by atoms with Gasteiger partial charge in [0.15, 0.2) is 0 Å². The summed E-state index contributed by atoms with van der Waals surface area (Å²) in [6, 6.07) is 14.2. The lowest BCUT2D eigenvalue weighted by Crippen LogP contribution is -2.25. The zero-order valence-electron chi connectivity index (χ0n) is 16.5. The first-order chi connectivity index (χ1) is 14.2. The summed E-state index contributed by atoms with van der Waals surface area (Å²) in [6.45, 7) is 2.52. The monoisotopic (exact) mass is 391 g/mol. The fourth-order valence-electron chi connectivity index (χ4n) is 4.16. The van der Waals surface area contributed by atoms with Gasteiger partial charge in [-0.05, 0) is 31.2 Å². The number of nitro groups is 1. The average Bonchev–Trinajstić information content (AvgIpc) is 2.75. The molecule has 0 atom stereocenters. The predicted octanol–water partition coefficient (Wildman–Crippen LogP) is 5.44. The van der Waals surface area contributed by atoms with Gasteiger partial charge < -0.3 is 10.2 Å². The van der Waals surface area contributed by atoms with Crippen LogP contribution in [-0.4, -0.2) is 27.5 Å². The number of nitrogens with one attached hydrogen (secondary N) is 1. The lowest BCUT2D eigenvalue weighted by Gasteiger charge is -2.26.